The summed E-state index contributed by atoms with van der Waals surface area (Å²) in [6, 6.07) is 8.88. The van der Waals surface area contributed by atoms with Crippen LogP contribution < -0.4 is 10.5 Å². The van der Waals surface area contributed by atoms with Crippen molar-refractivity contribution in [3.63, 3.8) is 0 Å². The van der Waals surface area contributed by atoms with Crippen molar-refractivity contribution in [1.29, 1.82) is 5.26 Å². The summed E-state index contributed by atoms with van der Waals surface area (Å²) >= 11 is 8.04. The van der Waals surface area contributed by atoms with Gasteiger partial charge in [0.15, 0.2) is 0 Å². The number of nitrogens with zero attached hydrogens (tertiary/aromatic N) is 2. The van der Waals surface area contributed by atoms with Crippen molar-refractivity contribution in [3.05, 3.63) is 51.8 Å². The second-order valence-corrected chi connectivity index (χ2v) is 10.2. The molecule has 6 rings (SSSR count). The Labute approximate surface area is 203 Å². The summed E-state index contributed by atoms with van der Waals surface area (Å²) in [7, 11) is 0. The van der Waals surface area contributed by atoms with Gasteiger partial charge in [-0.2, -0.15) is 5.26 Å². The van der Waals surface area contributed by atoms with Gasteiger partial charge in [-0.05, 0) is 47.6 Å². The molecule has 2 aromatic heterocycles. The Kier molecular flexibility index (Phi) is 5.12. The lowest BCUT2D eigenvalue weighted by molar-refractivity contribution is 0.0195. The molecular weight excluding hydrogens is 477 g/mol. The molecule has 2 aromatic carbocycles. The molecule has 1 saturated carbocycles. The van der Waals surface area contributed by atoms with Crippen LogP contribution in [0.4, 0.5) is 9.39 Å². The van der Waals surface area contributed by atoms with Crippen LogP contribution in [-0.4, -0.2) is 22.8 Å². The number of rotatable bonds is 4. The molecule has 0 amide bonds. The van der Waals surface area contributed by atoms with E-state index in [1.54, 1.807) is 6.07 Å². The minimum absolute atomic E-state index is 0.241. The number of fused-ring (bicyclic) bond motifs is 4. The number of benzene rings is 2. The number of ether oxygens (including phenoxy) is 2. The lowest BCUT2D eigenvalue weighted by atomic mass is 9.83. The van der Waals surface area contributed by atoms with Gasteiger partial charge in [-0.25, -0.2) is 9.37 Å². The van der Waals surface area contributed by atoms with Crippen molar-refractivity contribution in [2.75, 3.05) is 12.3 Å². The van der Waals surface area contributed by atoms with Gasteiger partial charge in [0.25, 0.3) is 0 Å². The predicted octanol–water partition coefficient (Wildman–Crippen LogP) is 5.54. The van der Waals surface area contributed by atoms with Crippen LogP contribution in [0, 0.1) is 23.1 Å². The lowest BCUT2D eigenvalue weighted by Crippen LogP contribution is -2.32. The van der Waals surface area contributed by atoms with E-state index in [4.69, 9.17) is 31.8 Å². The highest BCUT2D eigenvalue weighted by Gasteiger charge is 2.29. The second-order valence-electron chi connectivity index (χ2n) is 8.74. The first-order valence-corrected chi connectivity index (χ1v) is 12.1. The molecule has 0 radical (unpaired) electrons. The molecule has 4 aromatic rings. The minimum Gasteiger partial charge on any atom is -0.477 e. The first-order chi connectivity index (χ1) is 16.5. The SMILES string of the molecule is N#Cc1c(N)sc2c(F)ccc(-c3c4c(c5ccc(OCC6CC(O)C6)nc5c3Cl)COC4)c12. The zero-order chi connectivity index (χ0) is 23.6. The Bertz CT molecular complexity index is 1520. The highest BCUT2D eigenvalue weighted by Crippen LogP contribution is 2.48. The summed E-state index contributed by atoms with van der Waals surface area (Å²) in [5.74, 6) is 0.326. The third kappa shape index (κ3) is 3.23. The van der Waals surface area contributed by atoms with Gasteiger partial charge in [-0.1, -0.05) is 17.7 Å². The van der Waals surface area contributed by atoms with E-state index in [0.717, 1.165) is 40.7 Å². The summed E-state index contributed by atoms with van der Waals surface area (Å²) in [4.78, 5) is 4.70. The third-order valence-electron chi connectivity index (χ3n) is 6.66. The molecule has 1 aliphatic carbocycles. The number of nitriles is 1. The van der Waals surface area contributed by atoms with E-state index in [2.05, 4.69) is 6.07 Å². The van der Waals surface area contributed by atoms with Crippen LogP contribution >= 0.6 is 22.9 Å². The monoisotopic (exact) mass is 495 g/mol. The maximum atomic E-state index is 14.6. The van der Waals surface area contributed by atoms with E-state index >= 15 is 0 Å². The Morgan fingerprint density at radius 1 is 1.26 bits per heavy atom. The molecule has 0 unspecified atom stereocenters. The van der Waals surface area contributed by atoms with Crippen molar-refractivity contribution < 1.29 is 19.0 Å². The van der Waals surface area contributed by atoms with Gasteiger partial charge in [0, 0.05) is 22.4 Å². The number of nitrogen functional groups attached to an aromatic ring is 1. The quantitative estimate of drug-likeness (QED) is 0.385. The van der Waals surface area contributed by atoms with Crippen LogP contribution in [0.2, 0.25) is 5.02 Å². The molecule has 0 saturated heterocycles. The second kappa shape index (κ2) is 8.07. The fourth-order valence-electron chi connectivity index (χ4n) is 4.91. The van der Waals surface area contributed by atoms with Gasteiger partial charge in [-0.3, -0.25) is 0 Å². The van der Waals surface area contributed by atoms with E-state index in [0.29, 0.717) is 63.4 Å². The van der Waals surface area contributed by atoms with Crippen molar-refractivity contribution in [2.24, 2.45) is 5.92 Å². The van der Waals surface area contributed by atoms with Crippen LogP contribution in [-0.2, 0) is 18.0 Å². The van der Waals surface area contributed by atoms with Crippen LogP contribution in [0.15, 0.2) is 24.3 Å². The van der Waals surface area contributed by atoms with Gasteiger partial charge in [0.05, 0.1) is 46.7 Å². The van der Waals surface area contributed by atoms with E-state index in [1.165, 1.54) is 6.07 Å². The number of hydrogen-bond acceptors (Lipinski definition) is 7. The van der Waals surface area contributed by atoms with Crippen LogP contribution in [0.5, 0.6) is 5.88 Å². The van der Waals surface area contributed by atoms with Crippen LogP contribution in [0.3, 0.4) is 0 Å². The molecule has 0 bridgehead atoms. The first-order valence-electron chi connectivity index (χ1n) is 10.9. The largest absolute Gasteiger partial charge is 0.477 e. The maximum absolute atomic E-state index is 14.6. The van der Waals surface area contributed by atoms with E-state index in [9.17, 15) is 14.8 Å². The molecule has 3 N–H and O–H groups in total. The third-order valence-corrected chi connectivity index (χ3v) is 8.05. The highest BCUT2D eigenvalue weighted by molar-refractivity contribution is 7.23. The molecule has 1 fully saturated rings. The van der Waals surface area contributed by atoms with E-state index < -0.39 is 5.82 Å². The molecular formula is C25H19ClFN3O3S. The first kappa shape index (κ1) is 21.6. The zero-order valence-electron chi connectivity index (χ0n) is 17.9. The van der Waals surface area contributed by atoms with Crippen LogP contribution in [0.25, 0.3) is 32.1 Å². The number of nitrogens with two attached hydrogens (primary N) is 1. The van der Waals surface area contributed by atoms with E-state index in [1.807, 2.05) is 12.1 Å². The highest BCUT2D eigenvalue weighted by atomic mass is 35.5. The number of halogens is 2. The molecule has 2 aliphatic rings. The normalized spacial score (nSPS) is 19.2. The molecule has 1 aliphatic heterocycles. The average Bonchev–Trinajstić information content (AvgIpc) is 3.42. The number of aromatic nitrogens is 1. The zero-order valence-corrected chi connectivity index (χ0v) is 19.5. The predicted molar refractivity (Wildman–Crippen MR) is 129 cm³/mol. The van der Waals surface area contributed by atoms with Crippen LogP contribution in [0.1, 0.15) is 29.5 Å². The lowest BCUT2D eigenvalue weighted by Gasteiger charge is -2.30. The summed E-state index contributed by atoms with van der Waals surface area (Å²) < 4.78 is 26.6. The smallest absolute Gasteiger partial charge is 0.213 e. The molecule has 9 heteroatoms. The average molecular weight is 496 g/mol. The number of pyridine rings is 1. The molecule has 6 nitrogen and oxygen atoms in total. The van der Waals surface area contributed by atoms with Crippen molar-refractivity contribution >= 4 is 48.9 Å². The Morgan fingerprint density at radius 3 is 2.82 bits per heavy atom. The van der Waals surface area contributed by atoms with Gasteiger partial charge in [-0.15, -0.1) is 11.3 Å². The number of hydrogen-bond donors (Lipinski definition) is 2. The Morgan fingerprint density at radius 2 is 2.06 bits per heavy atom. The standard InChI is InChI=1S/C25H19ClFN3O3S/c26-22-20(14-1-3-18(27)24-21(14)15(7-28)25(29)34-24)17-10-32-9-16(17)13-2-4-19(30-23(13)22)33-8-11-5-12(31)6-11/h1-4,11-12,31H,5-6,8-10,29H2. The molecule has 3 heterocycles. The van der Waals surface area contributed by atoms with E-state index in [-0.39, 0.29) is 16.7 Å². The summed E-state index contributed by atoms with van der Waals surface area (Å²) in [5, 5.41) is 21.2. The number of anilines is 1. The van der Waals surface area contributed by atoms with Crippen molar-refractivity contribution in [3.8, 4) is 23.1 Å². The van der Waals surface area contributed by atoms with Crippen molar-refractivity contribution in [1.82, 2.24) is 4.98 Å². The molecule has 0 spiro atoms. The molecule has 172 valence electrons. The van der Waals surface area contributed by atoms with Gasteiger partial charge in [0.1, 0.15) is 16.9 Å². The van der Waals surface area contributed by atoms with Gasteiger partial charge >= 0.3 is 0 Å². The van der Waals surface area contributed by atoms with Crippen molar-refractivity contribution in [2.45, 2.75) is 32.2 Å². The Hall–Kier alpha value is -2.96. The number of thiophene rings is 1. The number of aliphatic hydroxyl groups excluding tert-OH is 1. The summed E-state index contributed by atoms with van der Waals surface area (Å²) in [6.07, 6.45) is 1.22. The topological polar surface area (TPSA) is 101 Å². The summed E-state index contributed by atoms with van der Waals surface area (Å²) in [5.41, 5.74) is 10.0. The molecule has 34 heavy (non-hydrogen) atoms. The maximum Gasteiger partial charge on any atom is 0.213 e. The Balaban J connectivity index is 1.55. The number of aliphatic hydroxyl groups is 1. The van der Waals surface area contributed by atoms with Gasteiger partial charge in [0.2, 0.25) is 5.88 Å². The minimum atomic E-state index is -0.434. The fourth-order valence-corrected chi connectivity index (χ4v) is 6.21. The van der Waals surface area contributed by atoms with Gasteiger partial charge < -0.3 is 20.3 Å². The fraction of sp³-hybridized carbons (Fsp3) is 0.280. The molecule has 0 atom stereocenters. The summed E-state index contributed by atoms with van der Waals surface area (Å²) in [6.45, 7) is 1.23.